The largest absolute Gasteiger partial charge is 0.468 e. The number of rotatable bonds is 8. The Morgan fingerprint density at radius 1 is 1.21 bits per heavy atom. The van der Waals surface area contributed by atoms with Crippen molar-refractivity contribution in [3.8, 4) is 0 Å². The molecule has 0 aliphatic carbocycles. The topological polar surface area (TPSA) is 73.9 Å². The summed E-state index contributed by atoms with van der Waals surface area (Å²) in [6, 6.07) is 12.9. The van der Waals surface area contributed by atoms with Crippen molar-refractivity contribution in [2.45, 2.75) is 38.5 Å². The lowest BCUT2D eigenvalue weighted by molar-refractivity contribution is 0.287. The van der Waals surface area contributed by atoms with Gasteiger partial charge in [-0.05, 0) is 43.1 Å². The number of aryl methyl sites for hydroxylation is 1. The van der Waals surface area contributed by atoms with Crippen LogP contribution < -0.4 is 15.5 Å². The average molecular weight is 578 g/mol. The van der Waals surface area contributed by atoms with Crippen LogP contribution in [0, 0.1) is 0 Å². The minimum Gasteiger partial charge on any atom is -0.468 e. The molecule has 1 atom stereocenters. The first-order valence-electron chi connectivity index (χ1n) is 11.6. The maximum absolute atomic E-state index is 5.49. The van der Waals surface area contributed by atoms with Gasteiger partial charge in [0.25, 0.3) is 0 Å². The number of benzene rings is 1. The Bertz CT molecular complexity index is 1030. The van der Waals surface area contributed by atoms with Gasteiger partial charge in [-0.2, -0.15) is 5.10 Å². The van der Waals surface area contributed by atoms with E-state index in [2.05, 4.69) is 68.0 Å². The second-order valence-corrected chi connectivity index (χ2v) is 8.75. The monoisotopic (exact) mass is 577 g/mol. The van der Waals surface area contributed by atoms with E-state index in [0.717, 1.165) is 57.3 Å². The first-order chi connectivity index (χ1) is 16.1. The third-order valence-electron chi connectivity index (χ3n) is 6.05. The summed E-state index contributed by atoms with van der Waals surface area (Å²) in [5, 5.41) is 11.5. The van der Waals surface area contributed by atoms with E-state index in [4.69, 9.17) is 4.42 Å². The van der Waals surface area contributed by atoms with Gasteiger partial charge in [0.05, 0.1) is 24.7 Å². The van der Waals surface area contributed by atoms with Crippen LogP contribution in [0.5, 0.6) is 0 Å². The van der Waals surface area contributed by atoms with Crippen LogP contribution in [0.1, 0.15) is 29.7 Å². The van der Waals surface area contributed by atoms with Gasteiger partial charge < -0.3 is 20.0 Å². The minimum atomic E-state index is 0. The number of hydrogen-bond donors (Lipinski definition) is 2. The van der Waals surface area contributed by atoms with Gasteiger partial charge in [0.1, 0.15) is 5.76 Å². The normalized spacial score (nSPS) is 16.4. The molecular weight excluding hydrogens is 541 g/mol. The third-order valence-corrected chi connectivity index (χ3v) is 6.05. The van der Waals surface area contributed by atoms with Crippen LogP contribution in [0.2, 0.25) is 0 Å². The molecule has 0 bridgehead atoms. The molecule has 3 aromatic rings. The summed E-state index contributed by atoms with van der Waals surface area (Å²) in [6.45, 7) is 4.37. The van der Waals surface area contributed by atoms with E-state index >= 15 is 0 Å². The fourth-order valence-corrected chi connectivity index (χ4v) is 4.37. The van der Waals surface area contributed by atoms with Gasteiger partial charge in [-0.25, -0.2) is 0 Å². The molecule has 34 heavy (non-hydrogen) atoms. The highest BCUT2D eigenvalue weighted by molar-refractivity contribution is 14.0. The van der Waals surface area contributed by atoms with Crippen LogP contribution >= 0.6 is 24.0 Å². The summed E-state index contributed by atoms with van der Waals surface area (Å²) in [7, 11) is 5.91. The van der Waals surface area contributed by atoms with Gasteiger partial charge in [0, 0.05) is 52.5 Å². The zero-order valence-electron chi connectivity index (χ0n) is 20.3. The van der Waals surface area contributed by atoms with Crippen molar-refractivity contribution in [3.63, 3.8) is 0 Å². The molecular formula is C25H36IN7O. The van der Waals surface area contributed by atoms with Crippen LogP contribution in [0.4, 0.5) is 5.69 Å². The SMILES string of the molecule is CN=C(NCc1ccccc1CN(C)Cc1ccco1)NC1CCCN(c2cnn(C)c2)C1.I. The maximum Gasteiger partial charge on any atom is 0.191 e. The smallest absolute Gasteiger partial charge is 0.191 e. The number of furan rings is 1. The molecule has 2 N–H and O–H groups in total. The number of anilines is 1. The molecule has 1 fully saturated rings. The Hall–Kier alpha value is -2.53. The highest BCUT2D eigenvalue weighted by Gasteiger charge is 2.22. The fourth-order valence-electron chi connectivity index (χ4n) is 4.37. The summed E-state index contributed by atoms with van der Waals surface area (Å²) in [5.74, 6) is 1.82. The Labute approximate surface area is 219 Å². The molecule has 3 heterocycles. The lowest BCUT2D eigenvalue weighted by Gasteiger charge is -2.34. The summed E-state index contributed by atoms with van der Waals surface area (Å²) >= 11 is 0. The molecule has 1 saturated heterocycles. The first-order valence-corrected chi connectivity index (χ1v) is 11.6. The van der Waals surface area contributed by atoms with Crippen LogP contribution in [-0.4, -0.2) is 53.9 Å². The van der Waals surface area contributed by atoms with E-state index < -0.39 is 0 Å². The number of nitrogens with one attached hydrogen (secondary N) is 2. The zero-order valence-corrected chi connectivity index (χ0v) is 22.6. The number of nitrogens with zero attached hydrogens (tertiary/aromatic N) is 5. The van der Waals surface area contributed by atoms with E-state index in [9.17, 15) is 0 Å². The van der Waals surface area contributed by atoms with E-state index in [1.165, 1.54) is 16.8 Å². The number of guanidine groups is 1. The molecule has 184 valence electrons. The van der Waals surface area contributed by atoms with E-state index in [-0.39, 0.29) is 24.0 Å². The molecule has 2 aromatic heterocycles. The van der Waals surface area contributed by atoms with Gasteiger partial charge >= 0.3 is 0 Å². The van der Waals surface area contributed by atoms with Gasteiger partial charge in [-0.15, -0.1) is 24.0 Å². The average Bonchev–Trinajstić information content (AvgIpc) is 3.49. The van der Waals surface area contributed by atoms with Gasteiger partial charge in [-0.1, -0.05) is 24.3 Å². The molecule has 0 saturated carbocycles. The highest BCUT2D eigenvalue weighted by Crippen LogP contribution is 2.19. The van der Waals surface area contributed by atoms with Gasteiger partial charge in [0.2, 0.25) is 0 Å². The fraction of sp³-hybridized carbons (Fsp3) is 0.440. The van der Waals surface area contributed by atoms with Gasteiger partial charge in [0.15, 0.2) is 5.96 Å². The molecule has 4 rings (SSSR count). The van der Waals surface area contributed by atoms with Crippen LogP contribution in [0.25, 0.3) is 0 Å². The number of aromatic nitrogens is 2. The van der Waals surface area contributed by atoms with Crippen LogP contribution in [0.3, 0.4) is 0 Å². The molecule has 0 radical (unpaired) electrons. The maximum atomic E-state index is 5.49. The Balaban J connectivity index is 0.00000324. The molecule has 9 heteroatoms. The molecule has 1 unspecified atom stereocenters. The molecule has 1 aliphatic rings. The zero-order chi connectivity index (χ0) is 23.0. The summed E-state index contributed by atoms with van der Waals surface area (Å²) in [4.78, 5) is 9.13. The molecule has 0 amide bonds. The lowest BCUT2D eigenvalue weighted by atomic mass is 10.1. The predicted octanol–water partition coefficient (Wildman–Crippen LogP) is 3.60. The van der Waals surface area contributed by atoms with Crippen molar-refractivity contribution in [2.24, 2.45) is 12.0 Å². The predicted molar refractivity (Wildman–Crippen MR) is 148 cm³/mol. The first kappa shape index (κ1) is 26.1. The van der Waals surface area contributed by atoms with E-state index in [0.29, 0.717) is 6.04 Å². The van der Waals surface area contributed by atoms with Crippen molar-refractivity contribution in [1.82, 2.24) is 25.3 Å². The lowest BCUT2D eigenvalue weighted by Crippen LogP contribution is -2.51. The quantitative estimate of drug-likeness (QED) is 0.242. The summed E-state index contributed by atoms with van der Waals surface area (Å²) in [5.41, 5.74) is 3.75. The van der Waals surface area contributed by atoms with Crippen molar-refractivity contribution >= 4 is 35.6 Å². The standard InChI is InChI=1S/C25H35N7O.HI/c1-26-25(29-22-10-6-12-32(17-22)23-15-28-31(3)18-23)27-14-20-8-4-5-9-21(20)16-30(2)19-24-11-7-13-33-24;/h4-5,7-9,11,13,15,18,22H,6,10,12,14,16-17,19H2,1-3H3,(H2,26,27,29);1H. The second kappa shape index (κ2) is 12.8. The van der Waals surface area contributed by atoms with Crippen molar-refractivity contribution in [2.75, 3.05) is 32.1 Å². The molecule has 0 spiro atoms. The Morgan fingerprint density at radius 2 is 2.03 bits per heavy atom. The highest BCUT2D eigenvalue weighted by atomic mass is 127. The van der Waals surface area contributed by atoms with Gasteiger partial charge in [-0.3, -0.25) is 14.6 Å². The Kier molecular flexibility index (Phi) is 9.82. The van der Waals surface area contributed by atoms with E-state index in [1.54, 1.807) is 6.26 Å². The number of piperidine rings is 1. The summed E-state index contributed by atoms with van der Waals surface area (Å²) in [6.07, 6.45) is 8.02. The molecule has 1 aromatic carbocycles. The van der Waals surface area contributed by atoms with Crippen molar-refractivity contribution < 1.29 is 4.42 Å². The summed E-state index contributed by atoms with van der Waals surface area (Å²) < 4.78 is 7.35. The van der Waals surface area contributed by atoms with Crippen LogP contribution in [0.15, 0.2) is 64.5 Å². The van der Waals surface area contributed by atoms with Crippen LogP contribution in [-0.2, 0) is 26.7 Å². The number of halogens is 1. The van der Waals surface area contributed by atoms with E-state index in [1.807, 2.05) is 37.1 Å². The van der Waals surface area contributed by atoms with Crippen molar-refractivity contribution in [3.05, 3.63) is 71.9 Å². The third kappa shape index (κ3) is 7.23. The van der Waals surface area contributed by atoms with Crippen molar-refractivity contribution in [1.29, 1.82) is 0 Å². The molecule has 1 aliphatic heterocycles. The number of hydrogen-bond acceptors (Lipinski definition) is 5. The second-order valence-electron chi connectivity index (χ2n) is 8.75. The Morgan fingerprint density at radius 3 is 2.74 bits per heavy atom. The number of aliphatic imine (C=N–C) groups is 1. The molecule has 8 nitrogen and oxygen atoms in total. The minimum absolute atomic E-state index is 0.